The first-order valence-electron chi connectivity index (χ1n) is 7.33. The molecule has 0 bridgehead atoms. The zero-order valence-corrected chi connectivity index (χ0v) is 12.3. The molecule has 1 aliphatic rings. The average Bonchev–Trinajstić information content (AvgIpc) is 2.55. The molecule has 3 heterocycles. The van der Waals surface area contributed by atoms with Crippen LogP contribution in [-0.4, -0.2) is 60.2 Å². The molecular weight excluding hydrogens is 282 g/mol. The van der Waals surface area contributed by atoms with Crippen LogP contribution < -0.4 is 11.1 Å². The number of amides is 1. The molecule has 2 aromatic heterocycles. The van der Waals surface area contributed by atoms with Crippen molar-refractivity contribution >= 4 is 22.8 Å². The summed E-state index contributed by atoms with van der Waals surface area (Å²) in [6, 6.07) is 5.40. The predicted octanol–water partition coefficient (Wildman–Crippen LogP) is 0.274. The van der Waals surface area contributed by atoms with Crippen LogP contribution in [-0.2, 0) is 4.74 Å². The molecule has 0 spiro atoms. The number of nitrogen functional groups attached to an aromatic ring is 1. The lowest BCUT2D eigenvalue weighted by atomic mass is 10.2. The van der Waals surface area contributed by atoms with Gasteiger partial charge in [0.05, 0.1) is 18.8 Å². The first-order valence-corrected chi connectivity index (χ1v) is 7.33. The van der Waals surface area contributed by atoms with Crippen molar-refractivity contribution in [1.82, 2.24) is 20.2 Å². The number of carbonyl (C=O) groups excluding carboxylic acids is 1. The minimum Gasteiger partial charge on any atom is -0.383 e. The minimum atomic E-state index is -0.205. The number of nitrogens with one attached hydrogen (secondary N) is 1. The molecule has 0 unspecified atom stereocenters. The second kappa shape index (κ2) is 6.67. The molecule has 1 amide bonds. The van der Waals surface area contributed by atoms with E-state index in [1.54, 1.807) is 18.3 Å². The van der Waals surface area contributed by atoms with Gasteiger partial charge in [-0.05, 0) is 18.2 Å². The van der Waals surface area contributed by atoms with Gasteiger partial charge in [0, 0.05) is 37.8 Å². The Morgan fingerprint density at radius 3 is 3.05 bits per heavy atom. The van der Waals surface area contributed by atoms with E-state index < -0.39 is 0 Å². The number of ether oxygens (including phenoxy) is 1. The number of morpholine rings is 1. The fourth-order valence-corrected chi connectivity index (χ4v) is 2.45. The summed E-state index contributed by atoms with van der Waals surface area (Å²) in [6.07, 6.45) is 1.65. The van der Waals surface area contributed by atoms with Gasteiger partial charge in [-0.2, -0.15) is 0 Å². The van der Waals surface area contributed by atoms with Gasteiger partial charge in [0.1, 0.15) is 5.82 Å². The number of hydrogen-bond donors (Lipinski definition) is 2. The summed E-state index contributed by atoms with van der Waals surface area (Å²) in [6.45, 7) is 4.69. The maximum Gasteiger partial charge on any atom is 0.255 e. The van der Waals surface area contributed by atoms with Crippen LogP contribution >= 0.6 is 0 Å². The molecule has 116 valence electrons. The Morgan fingerprint density at radius 1 is 1.41 bits per heavy atom. The summed E-state index contributed by atoms with van der Waals surface area (Å²) in [4.78, 5) is 22.8. The summed E-state index contributed by atoms with van der Waals surface area (Å²) < 4.78 is 5.29. The maximum atomic E-state index is 12.3. The molecule has 1 saturated heterocycles. The summed E-state index contributed by atoms with van der Waals surface area (Å²) in [5, 5.41) is 3.69. The van der Waals surface area contributed by atoms with Crippen molar-refractivity contribution in [3.8, 4) is 0 Å². The van der Waals surface area contributed by atoms with Crippen LogP contribution in [0.3, 0.4) is 0 Å². The van der Waals surface area contributed by atoms with E-state index in [4.69, 9.17) is 10.5 Å². The SMILES string of the molecule is Nc1nc2ncccc2cc1C(=O)NCCN1CCOCC1. The van der Waals surface area contributed by atoms with E-state index in [-0.39, 0.29) is 11.7 Å². The topological polar surface area (TPSA) is 93.4 Å². The monoisotopic (exact) mass is 301 g/mol. The van der Waals surface area contributed by atoms with Gasteiger partial charge in [0.15, 0.2) is 5.65 Å². The zero-order valence-electron chi connectivity index (χ0n) is 12.3. The van der Waals surface area contributed by atoms with Crippen LogP contribution in [0, 0.1) is 0 Å². The van der Waals surface area contributed by atoms with Crippen molar-refractivity contribution in [3.05, 3.63) is 30.0 Å². The lowest BCUT2D eigenvalue weighted by molar-refractivity contribution is 0.0383. The Kier molecular flexibility index (Phi) is 4.45. The van der Waals surface area contributed by atoms with Gasteiger partial charge in [-0.25, -0.2) is 9.97 Å². The van der Waals surface area contributed by atoms with Crippen LogP contribution in [0.1, 0.15) is 10.4 Å². The van der Waals surface area contributed by atoms with E-state index in [0.717, 1.165) is 38.2 Å². The van der Waals surface area contributed by atoms with Crippen LogP contribution in [0.2, 0.25) is 0 Å². The normalized spacial score (nSPS) is 15.8. The van der Waals surface area contributed by atoms with Crippen molar-refractivity contribution in [2.75, 3.05) is 45.1 Å². The standard InChI is InChI=1S/C15H19N5O2/c16-13-12(10-11-2-1-3-17-14(11)19-13)15(21)18-4-5-20-6-8-22-9-7-20/h1-3,10H,4-9H2,(H,18,21)(H2,16,17,19). The number of fused-ring (bicyclic) bond motifs is 1. The molecule has 7 nitrogen and oxygen atoms in total. The molecule has 0 radical (unpaired) electrons. The fraction of sp³-hybridized carbons (Fsp3) is 0.400. The smallest absolute Gasteiger partial charge is 0.255 e. The molecule has 7 heteroatoms. The van der Waals surface area contributed by atoms with Gasteiger partial charge in [-0.1, -0.05) is 0 Å². The van der Waals surface area contributed by atoms with Gasteiger partial charge < -0.3 is 15.8 Å². The molecule has 1 fully saturated rings. The Hall–Kier alpha value is -2.25. The molecule has 22 heavy (non-hydrogen) atoms. The molecule has 0 aromatic carbocycles. The third-order valence-corrected chi connectivity index (χ3v) is 3.68. The van der Waals surface area contributed by atoms with E-state index in [0.29, 0.717) is 17.8 Å². The van der Waals surface area contributed by atoms with Gasteiger partial charge in [-0.3, -0.25) is 9.69 Å². The summed E-state index contributed by atoms with van der Waals surface area (Å²) in [5.41, 5.74) is 6.80. The van der Waals surface area contributed by atoms with Gasteiger partial charge in [-0.15, -0.1) is 0 Å². The first-order chi connectivity index (χ1) is 10.7. The highest BCUT2D eigenvalue weighted by atomic mass is 16.5. The summed E-state index contributed by atoms with van der Waals surface area (Å²) in [5.74, 6) is -0.000847. The molecule has 0 saturated carbocycles. The molecule has 3 rings (SSSR count). The van der Waals surface area contributed by atoms with E-state index in [1.165, 1.54) is 0 Å². The number of nitrogens with zero attached hydrogens (tertiary/aromatic N) is 3. The number of pyridine rings is 2. The molecule has 2 aromatic rings. The summed E-state index contributed by atoms with van der Waals surface area (Å²) >= 11 is 0. The minimum absolute atomic E-state index is 0.204. The highest BCUT2D eigenvalue weighted by Gasteiger charge is 2.14. The van der Waals surface area contributed by atoms with Crippen molar-refractivity contribution < 1.29 is 9.53 Å². The highest BCUT2D eigenvalue weighted by Crippen LogP contribution is 2.16. The maximum absolute atomic E-state index is 12.3. The molecule has 0 aliphatic carbocycles. The average molecular weight is 301 g/mol. The Balaban J connectivity index is 1.63. The van der Waals surface area contributed by atoms with Crippen molar-refractivity contribution in [1.29, 1.82) is 0 Å². The van der Waals surface area contributed by atoms with Gasteiger partial charge in [0.2, 0.25) is 0 Å². The number of hydrogen-bond acceptors (Lipinski definition) is 6. The second-order valence-electron chi connectivity index (χ2n) is 5.18. The first kappa shape index (κ1) is 14.7. The number of nitrogens with two attached hydrogens (primary N) is 1. The zero-order chi connectivity index (χ0) is 15.4. The Labute approximate surface area is 128 Å². The molecule has 1 aliphatic heterocycles. The van der Waals surface area contributed by atoms with E-state index in [1.807, 2.05) is 6.07 Å². The number of aromatic nitrogens is 2. The van der Waals surface area contributed by atoms with Crippen molar-refractivity contribution in [3.63, 3.8) is 0 Å². The third-order valence-electron chi connectivity index (χ3n) is 3.68. The number of carbonyl (C=O) groups is 1. The highest BCUT2D eigenvalue weighted by molar-refractivity contribution is 6.01. The predicted molar refractivity (Wildman–Crippen MR) is 83.5 cm³/mol. The molecule has 3 N–H and O–H groups in total. The second-order valence-corrected chi connectivity index (χ2v) is 5.18. The quantitative estimate of drug-likeness (QED) is 0.842. The third kappa shape index (κ3) is 3.32. The largest absolute Gasteiger partial charge is 0.383 e. The van der Waals surface area contributed by atoms with Crippen LogP contribution in [0.15, 0.2) is 24.4 Å². The summed E-state index contributed by atoms with van der Waals surface area (Å²) in [7, 11) is 0. The lowest BCUT2D eigenvalue weighted by Gasteiger charge is -2.26. The Bertz CT molecular complexity index is 670. The number of rotatable bonds is 4. The Morgan fingerprint density at radius 2 is 2.23 bits per heavy atom. The molecular formula is C15H19N5O2. The lowest BCUT2D eigenvalue weighted by Crippen LogP contribution is -2.41. The van der Waals surface area contributed by atoms with Crippen molar-refractivity contribution in [2.24, 2.45) is 0 Å². The van der Waals surface area contributed by atoms with E-state index >= 15 is 0 Å². The fourth-order valence-electron chi connectivity index (χ4n) is 2.45. The number of anilines is 1. The van der Waals surface area contributed by atoms with Gasteiger partial charge >= 0.3 is 0 Å². The van der Waals surface area contributed by atoms with Crippen LogP contribution in [0.5, 0.6) is 0 Å². The van der Waals surface area contributed by atoms with Crippen LogP contribution in [0.4, 0.5) is 5.82 Å². The molecule has 0 atom stereocenters. The van der Waals surface area contributed by atoms with Crippen LogP contribution in [0.25, 0.3) is 11.0 Å². The van der Waals surface area contributed by atoms with E-state index in [9.17, 15) is 4.79 Å². The van der Waals surface area contributed by atoms with Gasteiger partial charge in [0.25, 0.3) is 5.91 Å². The van der Waals surface area contributed by atoms with E-state index in [2.05, 4.69) is 20.2 Å². The van der Waals surface area contributed by atoms with Crippen molar-refractivity contribution in [2.45, 2.75) is 0 Å².